The highest BCUT2D eigenvalue weighted by Crippen LogP contribution is 2.33. The molecular formula is C18H14Cl3N3O3. The van der Waals surface area contributed by atoms with E-state index in [0.717, 1.165) is 10.5 Å². The van der Waals surface area contributed by atoms with Crippen LogP contribution in [-0.4, -0.2) is 35.3 Å². The van der Waals surface area contributed by atoms with Gasteiger partial charge in [-0.3, -0.25) is 14.5 Å². The maximum atomic E-state index is 12.5. The number of benzene rings is 2. The highest BCUT2D eigenvalue weighted by Gasteiger charge is 2.38. The normalized spacial score (nSPS) is 16.4. The lowest BCUT2D eigenvalue weighted by molar-refractivity contribution is -0.130. The van der Waals surface area contributed by atoms with Crippen LogP contribution in [0.15, 0.2) is 42.5 Å². The zero-order valence-corrected chi connectivity index (χ0v) is 16.1. The zero-order valence-electron chi connectivity index (χ0n) is 13.8. The summed E-state index contributed by atoms with van der Waals surface area (Å²) >= 11 is 17.9. The summed E-state index contributed by atoms with van der Waals surface area (Å²) in [6.45, 7) is -0.453. The maximum Gasteiger partial charge on any atom is 0.325 e. The summed E-state index contributed by atoms with van der Waals surface area (Å²) in [5.41, 5.74) is 1.07. The molecule has 1 unspecified atom stereocenters. The number of hydrogen-bond acceptors (Lipinski definition) is 3. The van der Waals surface area contributed by atoms with Crippen LogP contribution in [0.5, 0.6) is 0 Å². The van der Waals surface area contributed by atoms with E-state index in [2.05, 4.69) is 10.6 Å². The number of hydrogen-bond donors (Lipinski definition) is 2. The molecule has 2 aromatic carbocycles. The Morgan fingerprint density at radius 1 is 1.07 bits per heavy atom. The van der Waals surface area contributed by atoms with E-state index in [0.29, 0.717) is 11.4 Å². The summed E-state index contributed by atoms with van der Waals surface area (Å²) in [5.74, 6) is -1.07. The van der Waals surface area contributed by atoms with Gasteiger partial charge in [0.25, 0.3) is 5.91 Å². The van der Waals surface area contributed by atoms with E-state index < -0.39 is 30.4 Å². The van der Waals surface area contributed by atoms with E-state index in [1.165, 1.54) is 12.1 Å². The number of amides is 4. The first-order chi connectivity index (χ1) is 12.8. The van der Waals surface area contributed by atoms with Crippen LogP contribution >= 0.6 is 34.8 Å². The average molecular weight is 427 g/mol. The van der Waals surface area contributed by atoms with E-state index >= 15 is 0 Å². The molecule has 2 N–H and O–H groups in total. The minimum absolute atomic E-state index is 0.153. The molecule has 1 aliphatic rings. The van der Waals surface area contributed by atoms with Gasteiger partial charge >= 0.3 is 6.03 Å². The van der Waals surface area contributed by atoms with E-state index in [-0.39, 0.29) is 15.7 Å². The zero-order chi connectivity index (χ0) is 19.6. The molecule has 0 bridgehead atoms. The molecule has 1 fully saturated rings. The van der Waals surface area contributed by atoms with Crippen molar-refractivity contribution in [3.8, 4) is 0 Å². The van der Waals surface area contributed by atoms with Crippen LogP contribution in [0, 0.1) is 0 Å². The summed E-state index contributed by atoms with van der Waals surface area (Å²) in [6.07, 6.45) is 0.346. The Morgan fingerprint density at radius 2 is 1.70 bits per heavy atom. The Hall–Kier alpha value is -2.28. The summed E-state index contributed by atoms with van der Waals surface area (Å²) in [5, 5.41) is 5.72. The number of urea groups is 1. The molecule has 0 aliphatic carbocycles. The van der Waals surface area contributed by atoms with Crippen molar-refractivity contribution in [3.05, 3.63) is 63.1 Å². The number of anilines is 1. The van der Waals surface area contributed by atoms with Gasteiger partial charge in [0, 0.05) is 11.4 Å². The molecule has 0 saturated carbocycles. The number of nitrogens with one attached hydrogen (secondary N) is 2. The highest BCUT2D eigenvalue weighted by molar-refractivity contribution is 6.42. The quantitative estimate of drug-likeness (QED) is 0.715. The van der Waals surface area contributed by atoms with Crippen molar-refractivity contribution in [2.24, 2.45) is 0 Å². The molecule has 4 amide bonds. The minimum atomic E-state index is -0.713. The van der Waals surface area contributed by atoms with Gasteiger partial charge in [0.1, 0.15) is 12.6 Å². The SMILES string of the molecule is O=C(CN1C(=O)NC(Cc2ccccc2)C1=O)Nc1c(Cl)cc(Cl)cc1Cl. The van der Waals surface area contributed by atoms with Gasteiger partial charge in [-0.1, -0.05) is 65.1 Å². The van der Waals surface area contributed by atoms with E-state index in [9.17, 15) is 14.4 Å². The van der Waals surface area contributed by atoms with Crippen LogP contribution in [0.3, 0.4) is 0 Å². The first-order valence-electron chi connectivity index (χ1n) is 7.95. The minimum Gasteiger partial charge on any atom is -0.325 e. The predicted molar refractivity (Wildman–Crippen MR) is 104 cm³/mol. The maximum absolute atomic E-state index is 12.5. The van der Waals surface area contributed by atoms with Gasteiger partial charge < -0.3 is 10.6 Å². The van der Waals surface area contributed by atoms with Crippen LogP contribution < -0.4 is 10.6 Å². The van der Waals surface area contributed by atoms with Gasteiger partial charge in [0.15, 0.2) is 0 Å². The fraction of sp³-hybridized carbons (Fsp3) is 0.167. The van der Waals surface area contributed by atoms with Crippen molar-refractivity contribution in [2.45, 2.75) is 12.5 Å². The van der Waals surface area contributed by atoms with Crippen molar-refractivity contribution in [2.75, 3.05) is 11.9 Å². The molecule has 0 aromatic heterocycles. The molecule has 6 nitrogen and oxygen atoms in total. The van der Waals surface area contributed by atoms with Crippen molar-refractivity contribution >= 4 is 58.3 Å². The first kappa shape index (κ1) is 19.5. The Kier molecular flexibility index (Phi) is 5.89. The fourth-order valence-corrected chi connectivity index (χ4v) is 3.61. The molecule has 2 aromatic rings. The molecular weight excluding hydrogens is 413 g/mol. The lowest BCUT2D eigenvalue weighted by Gasteiger charge is -2.14. The molecule has 1 saturated heterocycles. The van der Waals surface area contributed by atoms with E-state index in [1.807, 2.05) is 30.3 Å². The molecule has 1 aliphatic heterocycles. The number of carbonyl (C=O) groups is 3. The third-order valence-corrected chi connectivity index (χ3v) is 4.78. The van der Waals surface area contributed by atoms with Crippen molar-refractivity contribution in [1.29, 1.82) is 0 Å². The highest BCUT2D eigenvalue weighted by atomic mass is 35.5. The third kappa shape index (κ3) is 4.53. The largest absolute Gasteiger partial charge is 0.325 e. The van der Waals surface area contributed by atoms with Crippen LogP contribution in [0.4, 0.5) is 10.5 Å². The molecule has 9 heteroatoms. The van der Waals surface area contributed by atoms with Crippen LogP contribution in [-0.2, 0) is 16.0 Å². The first-order valence-corrected chi connectivity index (χ1v) is 9.08. The molecule has 140 valence electrons. The monoisotopic (exact) mass is 425 g/mol. The Balaban J connectivity index is 1.66. The summed E-state index contributed by atoms with van der Waals surface area (Å²) in [4.78, 5) is 37.7. The standard InChI is InChI=1S/C18H14Cl3N3O3/c19-11-7-12(20)16(13(21)8-11)23-15(25)9-24-17(26)14(22-18(24)27)6-10-4-2-1-3-5-10/h1-5,7-8,14H,6,9H2,(H,22,27)(H,23,25). The van der Waals surface area contributed by atoms with Crippen molar-refractivity contribution < 1.29 is 14.4 Å². The summed E-state index contributed by atoms with van der Waals surface area (Å²) < 4.78 is 0. The van der Waals surface area contributed by atoms with Gasteiger partial charge in [0.2, 0.25) is 5.91 Å². The Labute approximate surface area is 170 Å². The number of rotatable bonds is 5. The summed E-state index contributed by atoms with van der Waals surface area (Å²) in [7, 11) is 0. The predicted octanol–water partition coefficient (Wildman–Crippen LogP) is 3.75. The van der Waals surface area contributed by atoms with Gasteiger partial charge in [0.05, 0.1) is 15.7 Å². The molecule has 0 radical (unpaired) electrons. The van der Waals surface area contributed by atoms with Gasteiger partial charge in [-0.15, -0.1) is 0 Å². The van der Waals surface area contributed by atoms with E-state index in [4.69, 9.17) is 34.8 Å². The molecule has 3 rings (SSSR count). The topological polar surface area (TPSA) is 78.5 Å². The number of carbonyl (C=O) groups excluding carboxylic acids is 3. The molecule has 1 atom stereocenters. The van der Waals surface area contributed by atoms with Crippen molar-refractivity contribution in [3.63, 3.8) is 0 Å². The molecule has 27 heavy (non-hydrogen) atoms. The van der Waals surface area contributed by atoms with Crippen LogP contribution in [0.1, 0.15) is 5.56 Å². The van der Waals surface area contributed by atoms with Gasteiger partial charge in [-0.2, -0.15) is 0 Å². The fourth-order valence-electron chi connectivity index (χ4n) is 2.70. The van der Waals surface area contributed by atoms with Crippen molar-refractivity contribution in [1.82, 2.24) is 10.2 Å². The van der Waals surface area contributed by atoms with Gasteiger partial charge in [-0.05, 0) is 17.7 Å². The average Bonchev–Trinajstić information content (AvgIpc) is 2.86. The number of halogens is 3. The van der Waals surface area contributed by atoms with Crippen LogP contribution in [0.2, 0.25) is 15.1 Å². The lowest BCUT2D eigenvalue weighted by Crippen LogP contribution is -2.38. The Bertz CT molecular complexity index is 882. The Morgan fingerprint density at radius 3 is 2.33 bits per heavy atom. The lowest BCUT2D eigenvalue weighted by atomic mass is 10.1. The second-order valence-corrected chi connectivity index (χ2v) is 7.16. The third-order valence-electron chi connectivity index (χ3n) is 3.96. The van der Waals surface area contributed by atoms with Gasteiger partial charge in [-0.25, -0.2) is 4.79 Å². The van der Waals surface area contributed by atoms with Crippen LogP contribution in [0.25, 0.3) is 0 Å². The summed E-state index contributed by atoms with van der Waals surface area (Å²) in [6, 6.07) is 10.8. The molecule has 1 heterocycles. The second-order valence-electron chi connectivity index (χ2n) is 5.91. The second kappa shape index (κ2) is 8.17. The smallest absolute Gasteiger partial charge is 0.325 e. The number of nitrogens with zero attached hydrogens (tertiary/aromatic N) is 1. The van der Waals surface area contributed by atoms with E-state index in [1.54, 1.807) is 0 Å². The molecule has 0 spiro atoms. The number of imide groups is 1.